The highest BCUT2D eigenvalue weighted by atomic mass is 35.5. The fourth-order valence-electron chi connectivity index (χ4n) is 4.37. The molecule has 2 aromatic heterocycles. The van der Waals surface area contributed by atoms with Gasteiger partial charge in [-0.15, -0.1) is 0 Å². The molecular formula is C28H26ClFN4O. The highest BCUT2D eigenvalue weighted by molar-refractivity contribution is 6.29. The van der Waals surface area contributed by atoms with Crippen molar-refractivity contribution in [2.75, 3.05) is 0 Å². The number of halogens is 2. The molecule has 178 valence electrons. The van der Waals surface area contributed by atoms with Gasteiger partial charge in [-0.05, 0) is 42.2 Å². The van der Waals surface area contributed by atoms with Crippen molar-refractivity contribution in [2.24, 2.45) is 5.92 Å². The van der Waals surface area contributed by atoms with Crippen LogP contribution in [-0.2, 0) is 19.6 Å². The van der Waals surface area contributed by atoms with Gasteiger partial charge in [0.1, 0.15) is 11.0 Å². The SMILES string of the molecule is CC(C)CCn1cc(-c2ccc(Cl)nc2-c2ccc3c(c2)C(=O)N(Cc2ccccc2F)C3)cn1. The molecule has 0 bridgehead atoms. The van der Waals surface area contributed by atoms with E-state index in [2.05, 4.69) is 23.9 Å². The van der Waals surface area contributed by atoms with Gasteiger partial charge in [0.25, 0.3) is 5.91 Å². The van der Waals surface area contributed by atoms with Gasteiger partial charge in [-0.25, -0.2) is 9.37 Å². The molecule has 0 atom stereocenters. The van der Waals surface area contributed by atoms with Gasteiger partial charge in [-0.3, -0.25) is 9.48 Å². The second-order valence-corrected chi connectivity index (χ2v) is 9.72. The van der Waals surface area contributed by atoms with Gasteiger partial charge >= 0.3 is 0 Å². The first-order chi connectivity index (χ1) is 16.9. The molecule has 5 nitrogen and oxygen atoms in total. The maximum atomic E-state index is 14.2. The summed E-state index contributed by atoms with van der Waals surface area (Å²) in [6.07, 6.45) is 4.90. The molecule has 1 aliphatic rings. The number of carbonyl (C=O) groups is 1. The third-order valence-corrected chi connectivity index (χ3v) is 6.53. The lowest BCUT2D eigenvalue weighted by atomic mass is 9.98. The average molecular weight is 489 g/mol. The number of amides is 1. The first-order valence-corrected chi connectivity index (χ1v) is 12.1. The van der Waals surface area contributed by atoms with Crippen molar-refractivity contribution in [3.63, 3.8) is 0 Å². The summed E-state index contributed by atoms with van der Waals surface area (Å²) in [5.41, 5.74) is 5.38. The van der Waals surface area contributed by atoms with Crippen molar-refractivity contribution in [3.05, 3.63) is 94.7 Å². The van der Waals surface area contributed by atoms with Crippen LogP contribution in [0.1, 0.15) is 41.8 Å². The Kier molecular flexibility index (Phi) is 6.39. The maximum absolute atomic E-state index is 14.2. The van der Waals surface area contributed by atoms with E-state index in [-0.39, 0.29) is 18.3 Å². The van der Waals surface area contributed by atoms with E-state index >= 15 is 0 Å². The lowest BCUT2D eigenvalue weighted by molar-refractivity contribution is 0.0765. The van der Waals surface area contributed by atoms with Crippen LogP contribution in [0.15, 0.2) is 67.0 Å². The van der Waals surface area contributed by atoms with Crippen molar-refractivity contribution in [1.29, 1.82) is 0 Å². The summed E-state index contributed by atoms with van der Waals surface area (Å²) in [6, 6.07) is 16.0. The van der Waals surface area contributed by atoms with Gasteiger partial charge in [-0.2, -0.15) is 5.10 Å². The largest absolute Gasteiger partial charge is 0.330 e. The van der Waals surface area contributed by atoms with E-state index in [1.165, 1.54) is 6.07 Å². The second kappa shape index (κ2) is 9.62. The molecule has 4 aromatic rings. The molecule has 5 rings (SSSR count). The predicted octanol–water partition coefficient (Wildman–Crippen LogP) is 6.61. The second-order valence-electron chi connectivity index (χ2n) is 9.33. The first-order valence-electron chi connectivity index (χ1n) is 11.7. The first kappa shape index (κ1) is 23.2. The molecule has 0 radical (unpaired) electrons. The number of nitrogens with zero attached hydrogens (tertiary/aromatic N) is 4. The summed E-state index contributed by atoms with van der Waals surface area (Å²) < 4.78 is 16.1. The number of carbonyl (C=O) groups excluding carboxylic acids is 1. The van der Waals surface area contributed by atoms with E-state index in [0.717, 1.165) is 35.2 Å². The number of aromatic nitrogens is 3. The van der Waals surface area contributed by atoms with E-state index in [1.807, 2.05) is 41.3 Å². The highest BCUT2D eigenvalue weighted by Gasteiger charge is 2.28. The van der Waals surface area contributed by atoms with Gasteiger partial charge in [0.05, 0.1) is 11.9 Å². The normalized spacial score (nSPS) is 13.1. The zero-order valence-electron chi connectivity index (χ0n) is 19.7. The highest BCUT2D eigenvalue weighted by Crippen LogP contribution is 2.35. The minimum absolute atomic E-state index is 0.116. The standard InChI is InChI=1S/C28H26ClFN4O/c1-18(2)11-12-34-17-22(14-31-34)23-9-10-26(29)32-27(23)19-7-8-20-15-33(28(35)24(20)13-19)16-21-5-3-4-6-25(21)30/h3-10,13-14,17-18H,11-12,15-16H2,1-2H3. The Hall–Kier alpha value is -3.51. The number of hydrogen-bond acceptors (Lipinski definition) is 3. The van der Waals surface area contributed by atoms with E-state index in [0.29, 0.717) is 34.4 Å². The van der Waals surface area contributed by atoms with Gasteiger partial charge in [0.2, 0.25) is 0 Å². The maximum Gasteiger partial charge on any atom is 0.254 e. The number of benzene rings is 2. The van der Waals surface area contributed by atoms with Crippen LogP contribution in [0.4, 0.5) is 4.39 Å². The fourth-order valence-corrected chi connectivity index (χ4v) is 4.52. The third kappa shape index (κ3) is 4.84. The van der Waals surface area contributed by atoms with Crippen molar-refractivity contribution >= 4 is 17.5 Å². The fraction of sp³-hybridized carbons (Fsp3) is 0.250. The number of aryl methyl sites for hydroxylation is 1. The number of hydrogen-bond donors (Lipinski definition) is 0. The molecule has 0 unspecified atom stereocenters. The summed E-state index contributed by atoms with van der Waals surface area (Å²) in [5.74, 6) is 0.172. The monoisotopic (exact) mass is 488 g/mol. The smallest absolute Gasteiger partial charge is 0.254 e. The van der Waals surface area contributed by atoms with Crippen LogP contribution in [0, 0.1) is 11.7 Å². The Morgan fingerprint density at radius 2 is 1.89 bits per heavy atom. The summed E-state index contributed by atoms with van der Waals surface area (Å²) in [6.45, 7) is 5.91. The predicted molar refractivity (Wildman–Crippen MR) is 135 cm³/mol. The van der Waals surface area contributed by atoms with Gasteiger partial charge in [-0.1, -0.05) is 55.8 Å². The number of pyridine rings is 1. The summed E-state index contributed by atoms with van der Waals surface area (Å²) in [7, 11) is 0. The number of fused-ring (bicyclic) bond motifs is 1. The molecule has 0 N–H and O–H groups in total. The Morgan fingerprint density at radius 3 is 2.69 bits per heavy atom. The van der Waals surface area contributed by atoms with Crippen LogP contribution in [0.25, 0.3) is 22.4 Å². The molecule has 1 aliphatic heterocycles. The average Bonchev–Trinajstić information content (AvgIpc) is 3.43. The molecule has 0 spiro atoms. The zero-order chi connectivity index (χ0) is 24.5. The van der Waals surface area contributed by atoms with Gasteiger partial charge < -0.3 is 4.90 Å². The molecule has 0 saturated heterocycles. The third-order valence-electron chi connectivity index (χ3n) is 6.32. The lowest BCUT2D eigenvalue weighted by Crippen LogP contribution is -2.23. The molecule has 0 aliphatic carbocycles. The molecule has 3 heterocycles. The molecule has 2 aromatic carbocycles. The van der Waals surface area contributed by atoms with Crippen LogP contribution >= 0.6 is 11.6 Å². The molecule has 7 heteroatoms. The van der Waals surface area contributed by atoms with Crippen LogP contribution in [-0.4, -0.2) is 25.6 Å². The Labute approximate surface area is 209 Å². The minimum atomic E-state index is -0.307. The summed E-state index contributed by atoms with van der Waals surface area (Å²) in [5, 5.41) is 4.89. The van der Waals surface area contributed by atoms with Crippen molar-refractivity contribution in [2.45, 2.75) is 39.9 Å². The van der Waals surface area contributed by atoms with E-state index in [9.17, 15) is 9.18 Å². The zero-order valence-corrected chi connectivity index (χ0v) is 20.5. The lowest BCUT2D eigenvalue weighted by Gasteiger charge is -2.16. The van der Waals surface area contributed by atoms with Crippen LogP contribution in [0.5, 0.6) is 0 Å². The van der Waals surface area contributed by atoms with Crippen molar-refractivity contribution in [3.8, 4) is 22.4 Å². The molecule has 35 heavy (non-hydrogen) atoms. The molecule has 1 amide bonds. The molecule has 0 saturated carbocycles. The van der Waals surface area contributed by atoms with Gasteiger partial charge in [0.15, 0.2) is 0 Å². The quantitative estimate of drug-likeness (QED) is 0.275. The van der Waals surface area contributed by atoms with Crippen LogP contribution < -0.4 is 0 Å². The van der Waals surface area contributed by atoms with Crippen molar-refractivity contribution in [1.82, 2.24) is 19.7 Å². The van der Waals surface area contributed by atoms with E-state index in [4.69, 9.17) is 11.6 Å². The summed E-state index contributed by atoms with van der Waals surface area (Å²) >= 11 is 6.28. The van der Waals surface area contributed by atoms with Gasteiger partial charge in [0, 0.05) is 53.6 Å². The van der Waals surface area contributed by atoms with Crippen LogP contribution in [0.2, 0.25) is 5.15 Å². The minimum Gasteiger partial charge on any atom is -0.330 e. The molecule has 0 fully saturated rings. The topological polar surface area (TPSA) is 51.0 Å². The van der Waals surface area contributed by atoms with E-state index < -0.39 is 0 Å². The van der Waals surface area contributed by atoms with Crippen molar-refractivity contribution < 1.29 is 9.18 Å². The Balaban J connectivity index is 1.45. The van der Waals surface area contributed by atoms with E-state index in [1.54, 1.807) is 29.2 Å². The number of rotatable bonds is 7. The van der Waals surface area contributed by atoms with Crippen LogP contribution in [0.3, 0.4) is 0 Å². The Bertz CT molecular complexity index is 1400. The molecular weight excluding hydrogens is 463 g/mol. The Morgan fingerprint density at radius 1 is 1.06 bits per heavy atom. The summed E-state index contributed by atoms with van der Waals surface area (Å²) in [4.78, 5) is 19.5.